The Hall–Kier alpha value is -2.63. The number of carbonyl (C=O) groups is 2. The smallest absolute Gasteiger partial charge is 0.296 e. The Morgan fingerprint density at radius 3 is 2.85 bits per heavy atom. The van der Waals surface area contributed by atoms with Crippen molar-refractivity contribution in [2.75, 3.05) is 0 Å². The normalized spacial score (nSPS) is 14.1. The Labute approximate surface area is 115 Å². The third kappa shape index (κ3) is 1.85. The van der Waals surface area contributed by atoms with Crippen LogP contribution in [0.2, 0.25) is 0 Å². The molecular weight excluding hydrogens is 256 g/mol. The summed E-state index contributed by atoms with van der Waals surface area (Å²) in [5, 5.41) is 0.854. The second-order valence-electron chi connectivity index (χ2n) is 4.79. The van der Waals surface area contributed by atoms with Gasteiger partial charge >= 0.3 is 0 Å². The van der Waals surface area contributed by atoms with Crippen LogP contribution in [0.4, 0.5) is 0 Å². The van der Waals surface area contributed by atoms with E-state index in [1.807, 2.05) is 16.7 Å². The molecule has 1 aromatic carbocycles. The maximum atomic E-state index is 12.1. The van der Waals surface area contributed by atoms with Crippen LogP contribution in [0.1, 0.15) is 33.7 Å². The third-order valence-corrected chi connectivity index (χ3v) is 3.46. The molecule has 0 bridgehead atoms. The van der Waals surface area contributed by atoms with Gasteiger partial charge in [-0.1, -0.05) is 12.1 Å². The number of nitrogens with two attached hydrogens (primary N) is 2. The minimum atomic E-state index is -0.485. The van der Waals surface area contributed by atoms with E-state index in [4.69, 9.17) is 11.5 Å². The van der Waals surface area contributed by atoms with E-state index >= 15 is 0 Å². The number of nitrogens with zero attached hydrogens (tertiary/aromatic N) is 2. The molecule has 3 rings (SSSR count). The molecule has 0 aliphatic carbocycles. The number of hydrogen-bond acceptors (Lipinski definition) is 2. The highest BCUT2D eigenvalue weighted by Crippen LogP contribution is 2.28. The Kier molecular flexibility index (Phi) is 2.78. The van der Waals surface area contributed by atoms with Crippen molar-refractivity contribution in [2.45, 2.75) is 19.4 Å². The summed E-state index contributed by atoms with van der Waals surface area (Å²) in [6.45, 7) is 0.604. The van der Waals surface area contributed by atoms with Gasteiger partial charge in [0.15, 0.2) is 11.7 Å². The molecule has 1 aromatic heterocycles. The van der Waals surface area contributed by atoms with E-state index in [-0.39, 0.29) is 11.7 Å². The highest BCUT2D eigenvalue weighted by molar-refractivity contribution is 6.11. The number of aromatic nitrogens is 1. The van der Waals surface area contributed by atoms with Crippen molar-refractivity contribution in [3.8, 4) is 0 Å². The molecule has 6 heteroatoms. The molecule has 0 saturated carbocycles. The summed E-state index contributed by atoms with van der Waals surface area (Å²) in [5.41, 5.74) is 12.4. The molecule has 2 heterocycles. The minimum Gasteiger partial charge on any atom is -0.370 e. The fourth-order valence-electron chi connectivity index (χ4n) is 2.67. The second-order valence-corrected chi connectivity index (χ2v) is 4.79. The fourth-order valence-corrected chi connectivity index (χ4v) is 2.67. The Balaban J connectivity index is 2.28. The number of para-hydroxylation sites is 1. The maximum Gasteiger partial charge on any atom is 0.296 e. The number of guanidine groups is 1. The molecule has 20 heavy (non-hydrogen) atoms. The summed E-state index contributed by atoms with van der Waals surface area (Å²) in [6.07, 6.45) is 1.18. The zero-order valence-electron chi connectivity index (χ0n) is 10.8. The van der Waals surface area contributed by atoms with E-state index in [1.165, 1.54) is 0 Å². The van der Waals surface area contributed by atoms with Crippen molar-refractivity contribution in [1.29, 1.82) is 0 Å². The molecule has 6 nitrogen and oxygen atoms in total. The van der Waals surface area contributed by atoms with Crippen LogP contribution in [0.25, 0.3) is 10.9 Å². The summed E-state index contributed by atoms with van der Waals surface area (Å²) < 4.78 is 1.84. The number of amides is 1. The molecule has 0 atom stereocenters. The van der Waals surface area contributed by atoms with Crippen molar-refractivity contribution in [3.63, 3.8) is 0 Å². The Bertz CT molecular complexity index is 754. The van der Waals surface area contributed by atoms with E-state index in [9.17, 15) is 9.59 Å². The topological polar surface area (TPSA) is 103 Å². The van der Waals surface area contributed by atoms with Gasteiger partial charge in [0.1, 0.15) is 5.69 Å². The largest absolute Gasteiger partial charge is 0.370 e. The van der Waals surface area contributed by atoms with Gasteiger partial charge < -0.3 is 16.0 Å². The van der Waals surface area contributed by atoms with Gasteiger partial charge in [-0.3, -0.25) is 9.59 Å². The molecule has 1 amide bonds. The number of benzene rings is 1. The molecule has 2 aromatic rings. The molecule has 1 aliphatic heterocycles. The van der Waals surface area contributed by atoms with Crippen molar-refractivity contribution < 1.29 is 9.59 Å². The van der Waals surface area contributed by atoms with Crippen LogP contribution >= 0.6 is 0 Å². The first-order valence-electron chi connectivity index (χ1n) is 6.37. The molecule has 4 N–H and O–H groups in total. The number of ketones is 1. The van der Waals surface area contributed by atoms with Gasteiger partial charge in [-0.2, -0.15) is 4.99 Å². The summed E-state index contributed by atoms with van der Waals surface area (Å²) in [4.78, 5) is 27.7. The minimum absolute atomic E-state index is 0.105. The Morgan fingerprint density at radius 1 is 1.30 bits per heavy atom. The maximum absolute atomic E-state index is 12.1. The van der Waals surface area contributed by atoms with Crippen LogP contribution in [0.5, 0.6) is 0 Å². The highest BCUT2D eigenvalue weighted by Gasteiger charge is 2.22. The lowest BCUT2D eigenvalue weighted by atomic mass is 10.1. The predicted molar refractivity (Wildman–Crippen MR) is 75.6 cm³/mol. The first kappa shape index (κ1) is 12.4. The molecule has 0 fully saturated rings. The number of aryl methyl sites for hydroxylation is 1. The van der Waals surface area contributed by atoms with Gasteiger partial charge in [0.25, 0.3) is 5.91 Å². The molecule has 0 saturated heterocycles. The number of aliphatic imine (C=N–C) groups is 1. The van der Waals surface area contributed by atoms with E-state index < -0.39 is 5.91 Å². The first-order valence-corrected chi connectivity index (χ1v) is 6.37. The standard InChI is InChI=1S/C14H14N4O2/c15-14(16)17-13(20)10-7-8-3-1-4-9-11(19)5-2-6-18(10)12(8)9/h1,3-4,7H,2,5-6H2,(H4,15,16,17,20). The van der Waals surface area contributed by atoms with Crippen molar-refractivity contribution >= 4 is 28.6 Å². The van der Waals surface area contributed by atoms with Gasteiger partial charge in [0, 0.05) is 23.9 Å². The first-order chi connectivity index (χ1) is 9.58. The SMILES string of the molecule is NC(N)=NC(=O)c1cc2cccc3c2n1CCCC3=O. The monoisotopic (exact) mass is 270 g/mol. The van der Waals surface area contributed by atoms with Crippen molar-refractivity contribution in [2.24, 2.45) is 16.5 Å². The molecule has 102 valence electrons. The van der Waals surface area contributed by atoms with E-state index in [2.05, 4.69) is 4.99 Å². The third-order valence-electron chi connectivity index (χ3n) is 3.46. The number of hydrogen-bond donors (Lipinski definition) is 2. The molecular formula is C14H14N4O2. The van der Waals surface area contributed by atoms with Gasteiger partial charge in [-0.15, -0.1) is 0 Å². The van der Waals surface area contributed by atoms with Crippen LogP contribution in [0.3, 0.4) is 0 Å². The fraction of sp³-hybridized carbons (Fsp3) is 0.214. The Morgan fingerprint density at radius 2 is 2.10 bits per heavy atom. The van der Waals surface area contributed by atoms with E-state index in [0.717, 1.165) is 10.9 Å². The average molecular weight is 270 g/mol. The van der Waals surface area contributed by atoms with Crippen molar-refractivity contribution in [1.82, 2.24) is 4.57 Å². The number of Topliss-reactive ketones (excluding diaryl/α,β-unsaturated/α-hetero) is 1. The van der Waals surface area contributed by atoms with Crippen LogP contribution in [-0.4, -0.2) is 22.2 Å². The van der Waals surface area contributed by atoms with Crippen LogP contribution in [0.15, 0.2) is 29.3 Å². The summed E-state index contributed by atoms with van der Waals surface area (Å²) in [5.74, 6) is -0.646. The van der Waals surface area contributed by atoms with Crippen LogP contribution in [0, 0.1) is 0 Å². The molecule has 0 radical (unpaired) electrons. The molecule has 1 aliphatic rings. The van der Waals surface area contributed by atoms with E-state index in [0.29, 0.717) is 30.6 Å². The summed E-state index contributed by atoms with van der Waals surface area (Å²) in [6, 6.07) is 7.22. The van der Waals surface area contributed by atoms with Crippen molar-refractivity contribution in [3.05, 3.63) is 35.5 Å². The van der Waals surface area contributed by atoms with Gasteiger partial charge in [-0.25, -0.2) is 0 Å². The summed E-state index contributed by atoms with van der Waals surface area (Å²) >= 11 is 0. The molecule has 0 spiro atoms. The second kappa shape index (κ2) is 4.48. The van der Waals surface area contributed by atoms with Gasteiger partial charge in [0.05, 0.1) is 5.52 Å². The van der Waals surface area contributed by atoms with Crippen LogP contribution < -0.4 is 11.5 Å². The van der Waals surface area contributed by atoms with Gasteiger partial charge in [-0.05, 0) is 18.6 Å². The average Bonchev–Trinajstić information content (AvgIpc) is 2.67. The molecule has 0 unspecified atom stereocenters. The predicted octanol–water partition coefficient (Wildman–Crippen LogP) is 1.03. The van der Waals surface area contributed by atoms with Crippen LogP contribution in [-0.2, 0) is 6.54 Å². The summed E-state index contributed by atoms with van der Waals surface area (Å²) in [7, 11) is 0. The quantitative estimate of drug-likeness (QED) is 0.596. The zero-order valence-corrected chi connectivity index (χ0v) is 10.8. The lowest BCUT2D eigenvalue weighted by Crippen LogP contribution is -2.24. The lowest BCUT2D eigenvalue weighted by molar-refractivity contribution is 0.0981. The number of rotatable bonds is 1. The van der Waals surface area contributed by atoms with E-state index in [1.54, 1.807) is 12.1 Å². The van der Waals surface area contributed by atoms with Gasteiger partial charge in [0.2, 0.25) is 0 Å². The lowest BCUT2D eigenvalue weighted by Gasteiger charge is -2.06. The number of carbonyl (C=O) groups excluding carboxylic acids is 2. The highest BCUT2D eigenvalue weighted by atomic mass is 16.1. The zero-order chi connectivity index (χ0) is 14.3.